The fraction of sp³-hybridized carbons (Fsp3) is 0.550. The average Bonchev–Trinajstić information content (AvgIpc) is 2.70. The van der Waals surface area contributed by atoms with E-state index >= 15 is 0 Å². The normalized spacial score (nSPS) is 13.9. The number of rotatable bonds is 12. The Kier molecular flexibility index (Phi) is 10.0. The van der Waals surface area contributed by atoms with Crippen molar-refractivity contribution in [3.8, 4) is 5.75 Å². The first kappa shape index (κ1) is 23.4. The van der Waals surface area contributed by atoms with Gasteiger partial charge in [-0.3, -0.25) is 9.59 Å². The number of unbranched alkanes of at least 4 members (excludes halogenated alkanes) is 1. The molecular formula is C20H31N3O5. The maximum atomic E-state index is 12.2. The van der Waals surface area contributed by atoms with E-state index in [0.717, 1.165) is 6.42 Å². The lowest BCUT2D eigenvalue weighted by Gasteiger charge is -2.18. The van der Waals surface area contributed by atoms with E-state index in [-0.39, 0.29) is 18.2 Å². The van der Waals surface area contributed by atoms with Crippen LogP contribution in [0.1, 0.15) is 49.9 Å². The van der Waals surface area contributed by atoms with Crippen LogP contribution in [0.15, 0.2) is 24.3 Å². The van der Waals surface area contributed by atoms with Crippen LogP contribution in [-0.4, -0.2) is 48.6 Å². The van der Waals surface area contributed by atoms with Crippen molar-refractivity contribution < 1.29 is 24.2 Å². The number of amides is 2. The minimum atomic E-state index is -1.09. The highest BCUT2D eigenvalue weighted by Gasteiger charge is 2.21. The van der Waals surface area contributed by atoms with Gasteiger partial charge in [-0.1, -0.05) is 20.3 Å². The van der Waals surface area contributed by atoms with Crippen molar-refractivity contribution in [1.29, 1.82) is 0 Å². The van der Waals surface area contributed by atoms with Crippen molar-refractivity contribution in [3.05, 3.63) is 29.8 Å². The van der Waals surface area contributed by atoms with E-state index in [2.05, 4.69) is 10.6 Å². The van der Waals surface area contributed by atoms with E-state index in [4.69, 9.17) is 10.5 Å². The van der Waals surface area contributed by atoms with Crippen LogP contribution in [0.5, 0.6) is 5.75 Å². The first-order chi connectivity index (χ1) is 13.3. The molecule has 1 unspecified atom stereocenters. The van der Waals surface area contributed by atoms with Crippen molar-refractivity contribution in [1.82, 2.24) is 10.6 Å². The Morgan fingerprint density at radius 1 is 1.18 bits per heavy atom. The second-order valence-electron chi connectivity index (χ2n) is 6.79. The van der Waals surface area contributed by atoms with Crippen LogP contribution in [0.4, 0.5) is 0 Å². The summed E-state index contributed by atoms with van der Waals surface area (Å²) in [6.07, 6.45) is 2.23. The highest BCUT2D eigenvalue weighted by molar-refractivity contribution is 5.96. The number of hydrogen-bond donors (Lipinski definition) is 4. The summed E-state index contributed by atoms with van der Waals surface area (Å²) in [5, 5.41) is 14.6. The molecule has 0 aliphatic rings. The van der Waals surface area contributed by atoms with Crippen LogP contribution in [0.25, 0.3) is 0 Å². The van der Waals surface area contributed by atoms with Crippen LogP contribution in [0, 0.1) is 5.92 Å². The SMILES string of the molecule is CCC(C)[C@H](N)C(=O)NCCCC[C@H](NC(=O)c1ccc(OC)cc1)C(=O)O. The predicted molar refractivity (Wildman–Crippen MR) is 106 cm³/mol. The first-order valence-corrected chi connectivity index (χ1v) is 9.51. The summed E-state index contributed by atoms with van der Waals surface area (Å²) >= 11 is 0. The number of carbonyl (C=O) groups is 3. The van der Waals surface area contributed by atoms with Gasteiger partial charge in [0.1, 0.15) is 11.8 Å². The first-order valence-electron chi connectivity index (χ1n) is 9.51. The minimum Gasteiger partial charge on any atom is -0.497 e. The third-order valence-electron chi connectivity index (χ3n) is 4.73. The molecule has 0 fully saturated rings. The summed E-state index contributed by atoms with van der Waals surface area (Å²) in [7, 11) is 1.52. The second-order valence-corrected chi connectivity index (χ2v) is 6.79. The number of nitrogens with one attached hydrogen (secondary N) is 2. The molecule has 8 heteroatoms. The van der Waals surface area contributed by atoms with Crippen molar-refractivity contribution >= 4 is 17.8 Å². The third kappa shape index (κ3) is 7.56. The number of aliphatic carboxylic acids is 1. The molecule has 0 aliphatic carbocycles. The van der Waals surface area contributed by atoms with E-state index in [1.165, 1.54) is 7.11 Å². The molecule has 0 aliphatic heterocycles. The molecule has 28 heavy (non-hydrogen) atoms. The highest BCUT2D eigenvalue weighted by Crippen LogP contribution is 2.12. The van der Waals surface area contributed by atoms with Gasteiger partial charge in [-0.25, -0.2) is 4.79 Å². The Morgan fingerprint density at radius 2 is 1.82 bits per heavy atom. The summed E-state index contributed by atoms with van der Waals surface area (Å²) < 4.78 is 5.03. The van der Waals surface area contributed by atoms with Gasteiger partial charge < -0.3 is 26.2 Å². The fourth-order valence-corrected chi connectivity index (χ4v) is 2.56. The van der Waals surface area contributed by atoms with Gasteiger partial charge in [0.05, 0.1) is 13.2 Å². The molecule has 1 rings (SSSR count). The van der Waals surface area contributed by atoms with Gasteiger partial charge in [0.2, 0.25) is 5.91 Å². The smallest absolute Gasteiger partial charge is 0.326 e. The molecule has 0 heterocycles. The molecule has 0 bridgehead atoms. The second kappa shape index (κ2) is 12.0. The fourth-order valence-electron chi connectivity index (χ4n) is 2.56. The standard InChI is InChI=1S/C20H31N3O5/c1-4-13(2)17(21)19(25)22-12-6-5-7-16(20(26)27)23-18(24)14-8-10-15(28-3)11-9-14/h8-11,13,16-17H,4-7,12,21H2,1-3H3,(H,22,25)(H,23,24)(H,26,27)/t13?,16-,17-/m0/s1. The molecular weight excluding hydrogens is 362 g/mol. The topological polar surface area (TPSA) is 131 Å². The Balaban J connectivity index is 2.41. The van der Waals surface area contributed by atoms with Crippen molar-refractivity contribution in [2.75, 3.05) is 13.7 Å². The van der Waals surface area contributed by atoms with Crippen LogP contribution in [0.2, 0.25) is 0 Å². The molecule has 0 spiro atoms. The van der Waals surface area contributed by atoms with Gasteiger partial charge in [-0.15, -0.1) is 0 Å². The average molecular weight is 393 g/mol. The molecule has 8 nitrogen and oxygen atoms in total. The molecule has 0 saturated heterocycles. The molecule has 0 aromatic heterocycles. The van der Waals surface area contributed by atoms with Gasteiger partial charge in [-0.05, 0) is 49.4 Å². The van der Waals surface area contributed by atoms with E-state index < -0.39 is 24.0 Å². The molecule has 1 aromatic rings. The molecule has 156 valence electrons. The van der Waals surface area contributed by atoms with E-state index in [1.54, 1.807) is 24.3 Å². The maximum absolute atomic E-state index is 12.2. The minimum absolute atomic E-state index is 0.101. The Morgan fingerprint density at radius 3 is 2.36 bits per heavy atom. The van der Waals surface area contributed by atoms with Gasteiger partial charge in [0.15, 0.2) is 0 Å². The monoisotopic (exact) mass is 393 g/mol. The lowest BCUT2D eigenvalue weighted by Crippen LogP contribution is -2.45. The predicted octanol–water partition coefficient (Wildman–Crippen LogP) is 1.54. The van der Waals surface area contributed by atoms with Gasteiger partial charge >= 0.3 is 5.97 Å². The number of carbonyl (C=O) groups excluding carboxylic acids is 2. The summed E-state index contributed by atoms with van der Waals surface area (Å²) in [6, 6.07) is 4.88. The zero-order chi connectivity index (χ0) is 21.1. The summed E-state index contributed by atoms with van der Waals surface area (Å²) in [6.45, 7) is 4.32. The van der Waals surface area contributed by atoms with Gasteiger partial charge in [-0.2, -0.15) is 0 Å². The van der Waals surface area contributed by atoms with Gasteiger partial charge in [0, 0.05) is 12.1 Å². The number of carboxylic acids is 1. The number of ether oxygens (including phenoxy) is 1. The van der Waals surface area contributed by atoms with E-state index in [9.17, 15) is 19.5 Å². The Hall–Kier alpha value is -2.61. The summed E-state index contributed by atoms with van der Waals surface area (Å²) in [5.41, 5.74) is 6.22. The van der Waals surface area contributed by atoms with E-state index in [0.29, 0.717) is 30.7 Å². The zero-order valence-corrected chi connectivity index (χ0v) is 16.7. The quantitative estimate of drug-likeness (QED) is 0.398. The Labute approximate surface area is 165 Å². The highest BCUT2D eigenvalue weighted by atomic mass is 16.5. The van der Waals surface area contributed by atoms with Crippen LogP contribution in [0.3, 0.4) is 0 Å². The molecule has 0 saturated carbocycles. The number of methoxy groups -OCH3 is 1. The van der Waals surface area contributed by atoms with Gasteiger partial charge in [0.25, 0.3) is 5.91 Å². The third-order valence-corrected chi connectivity index (χ3v) is 4.73. The number of hydrogen-bond acceptors (Lipinski definition) is 5. The van der Waals surface area contributed by atoms with Crippen molar-refractivity contribution in [2.45, 2.75) is 51.6 Å². The molecule has 1 aromatic carbocycles. The molecule has 0 radical (unpaired) electrons. The largest absolute Gasteiger partial charge is 0.497 e. The van der Waals surface area contributed by atoms with Crippen LogP contribution < -0.4 is 21.1 Å². The summed E-state index contributed by atoms with van der Waals surface area (Å²) in [5.74, 6) is -1.03. The lowest BCUT2D eigenvalue weighted by atomic mass is 9.99. The van der Waals surface area contributed by atoms with Crippen LogP contribution >= 0.6 is 0 Å². The van der Waals surface area contributed by atoms with Crippen molar-refractivity contribution in [2.24, 2.45) is 11.7 Å². The number of benzene rings is 1. The molecule has 2 amide bonds. The number of nitrogens with two attached hydrogens (primary N) is 1. The maximum Gasteiger partial charge on any atom is 0.326 e. The van der Waals surface area contributed by atoms with Crippen LogP contribution in [-0.2, 0) is 9.59 Å². The summed E-state index contributed by atoms with van der Waals surface area (Å²) in [4.78, 5) is 35.5. The molecule has 3 atom stereocenters. The van der Waals surface area contributed by atoms with E-state index in [1.807, 2.05) is 13.8 Å². The number of carboxylic acid groups (broad SMARTS) is 1. The van der Waals surface area contributed by atoms with Crippen molar-refractivity contribution in [3.63, 3.8) is 0 Å². The Bertz CT molecular complexity index is 648. The zero-order valence-electron chi connectivity index (χ0n) is 16.7. The molecule has 5 N–H and O–H groups in total. The lowest BCUT2D eigenvalue weighted by molar-refractivity contribution is -0.139.